The number of rotatable bonds is 6. The fourth-order valence-electron chi connectivity index (χ4n) is 1.59. The minimum atomic E-state index is -1.54. The van der Waals surface area contributed by atoms with Crippen molar-refractivity contribution in [3.05, 3.63) is 35.6 Å². The lowest BCUT2D eigenvalue weighted by atomic mass is 10.2. The van der Waals surface area contributed by atoms with E-state index in [1.165, 1.54) is 25.2 Å². The molecule has 1 aromatic rings. The van der Waals surface area contributed by atoms with Crippen LogP contribution in [0.3, 0.4) is 0 Å². The summed E-state index contributed by atoms with van der Waals surface area (Å²) in [6.45, 7) is -0.0715. The Hall–Kier alpha value is -2.64. The van der Waals surface area contributed by atoms with Gasteiger partial charge in [-0.15, -0.1) is 0 Å². The molecular weight excluding hydrogens is 283 g/mol. The van der Waals surface area contributed by atoms with Gasteiger partial charge in [-0.3, -0.25) is 4.79 Å². The van der Waals surface area contributed by atoms with Gasteiger partial charge in [0.2, 0.25) is 0 Å². The molecule has 7 nitrogen and oxygen atoms in total. The maximum atomic E-state index is 13.4. The van der Waals surface area contributed by atoms with Crippen LogP contribution < -0.4 is 5.32 Å². The van der Waals surface area contributed by atoms with Crippen molar-refractivity contribution >= 4 is 18.0 Å². The fraction of sp³-hybridized carbons (Fsp3) is 0.308. The molecule has 1 rings (SSSR count). The minimum absolute atomic E-state index is 0.0715. The summed E-state index contributed by atoms with van der Waals surface area (Å²) < 4.78 is 13.4. The van der Waals surface area contributed by atoms with Crippen molar-refractivity contribution in [2.75, 3.05) is 7.05 Å². The van der Waals surface area contributed by atoms with Crippen LogP contribution in [0, 0.1) is 5.82 Å². The van der Waals surface area contributed by atoms with E-state index in [0.29, 0.717) is 0 Å². The molecule has 0 bridgehead atoms. The second-order valence-corrected chi connectivity index (χ2v) is 4.39. The number of carboxylic acid groups (broad SMARTS) is 2. The van der Waals surface area contributed by atoms with Crippen LogP contribution in [-0.4, -0.2) is 46.2 Å². The van der Waals surface area contributed by atoms with Crippen LogP contribution in [0.5, 0.6) is 0 Å². The Labute approximate surface area is 120 Å². The maximum Gasteiger partial charge on any atom is 0.326 e. The number of amides is 2. The van der Waals surface area contributed by atoms with Gasteiger partial charge < -0.3 is 20.4 Å². The number of nitrogens with zero attached hydrogens (tertiary/aromatic N) is 1. The van der Waals surface area contributed by atoms with E-state index in [2.05, 4.69) is 5.32 Å². The number of carbonyl (C=O) groups excluding carboxylic acids is 1. The van der Waals surface area contributed by atoms with Gasteiger partial charge in [0.1, 0.15) is 11.9 Å². The zero-order chi connectivity index (χ0) is 16.0. The first-order valence-corrected chi connectivity index (χ1v) is 6.01. The molecule has 0 fully saturated rings. The van der Waals surface area contributed by atoms with Crippen LogP contribution in [0.1, 0.15) is 12.0 Å². The van der Waals surface area contributed by atoms with E-state index in [-0.39, 0.29) is 12.1 Å². The van der Waals surface area contributed by atoms with Crippen LogP contribution >= 0.6 is 0 Å². The van der Waals surface area contributed by atoms with Crippen molar-refractivity contribution in [2.45, 2.75) is 19.0 Å². The van der Waals surface area contributed by atoms with Gasteiger partial charge in [0.25, 0.3) is 0 Å². The molecule has 0 aliphatic carbocycles. The SMILES string of the molecule is CN(Cc1ccccc1F)C(=O)N[C@H](CC(=O)O)C(=O)O. The second-order valence-electron chi connectivity index (χ2n) is 4.39. The quantitative estimate of drug-likeness (QED) is 0.723. The number of carboxylic acids is 2. The Morgan fingerprint density at radius 2 is 1.90 bits per heavy atom. The van der Waals surface area contributed by atoms with E-state index < -0.39 is 36.2 Å². The largest absolute Gasteiger partial charge is 0.481 e. The zero-order valence-corrected chi connectivity index (χ0v) is 11.2. The van der Waals surface area contributed by atoms with Gasteiger partial charge in [0.05, 0.1) is 6.42 Å². The standard InChI is InChI=1S/C13H15FN2O5/c1-16(7-8-4-2-3-5-9(8)14)13(21)15-10(12(19)20)6-11(17)18/h2-5,10H,6-7H2,1H3,(H,15,21)(H,17,18)(H,19,20)/t10-/m1/s1. The number of aliphatic carboxylic acids is 2. The van der Waals surface area contributed by atoms with Crippen molar-refractivity contribution in [3.63, 3.8) is 0 Å². The molecule has 8 heteroatoms. The summed E-state index contributed by atoms with van der Waals surface area (Å²) in [6.07, 6.45) is -0.741. The van der Waals surface area contributed by atoms with E-state index >= 15 is 0 Å². The molecule has 0 radical (unpaired) electrons. The molecule has 2 amide bonds. The smallest absolute Gasteiger partial charge is 0.326 e. The molecule has 0 aliphatic rings. The Bertz CT molecular complexity index is 549. The summed E-state index contributed by atoms with van der Waals surface area (Å²) >= 11 is 0. The number of benzene rings is 1. The highest BCUT2D eigenvalue weighted by atomic mass is 19.1. The normalized spacial score (nSPS) is 11.5. The van der Waals surface area contributed by atoms with Crippen LogP contribution in [0.15, 0.2) is 24.3 Å². The van der Waals surface area contributed by atoms with Gasteiger partial charge in [0, 0.05) is 19.2 Å². The summed E-state index contributed by atoms with van der Waals surface area (Å²) in [6, 6.07) is 3.50. The van der Waals surface area contributed by atoms with Crippen molar-refractivity contribution < 1.29 is 29.0 Å². The van der Waals surface area contributed by atoms with Crippen LogP contribution in [0.2, 0.25) is 0 Å². The molecule has 0 unspecified atom stereocenters. The van der Waals surface area contributed by atoms with Gasteiger partial charge in [-0.1, -0.05) is 18.2 Å². The van der Waals surface area contributed by atoms with Crippen molar-refractivity contribution in [3.8, 4) is 0 Å². The van der Waals surface area contributed by atoms with Gasteiger partial charge in [0.15, 0.2) is 0 Å². The van der Waals surface area contributed by atoms with Gasteiger partial charge in [-0.25, -0.2) is 14.0 Å². The molecule has 1 aromatic carbocycles. The first kappa shape index (κ1) is 16.4. The van der Waals surface area contributed by atoms with E-state index in [1.54, 1.807) is 6.07 Å². The molecular formula is C13H15FN2O5. The summed E-state index contributed by atoms with van der Waals surface area (Å²) in [4.78, 5) is 34.2. The van der Waals surface area contributed by atoms with E-state index in [1.807, 2.05) is 0 Å². The van der Waals surface area contributed by atoms with Crippen molar-refractivity contribution in [2.24, 2.45) is 0 Å². The topological polar surface area (TPSA) is 107 Å². The Kier molecular flexibility index (Phi) is 5.65. The number of urea groups is 1. The molecule has 0 spiro atoms. The zero-order valence-electron chi connectivity index (χ0n) is 11.2. The Morgan fingerprint density at radius 1 is 1.29 bits per heavy atom. The number of halogens is 1. The predicted molar refractivity (Wildman–Crippen MR) is 70.1 cm³/mol. The number of carbonyl (C=O) groups is 3. The lowest BCUT2D eigenvalue weighted by Gasteiger charge is -2.21. The highest BCUT2D eigenvalue weighted by molar-refractivity contribution is 5.86. The third-order valence-electron chi connectivity index (χ3n) is 2.69. The van der Waals surface area contributed by atoms with Gasteiger partial charge >= 0.3 is 18.0 Å². The minimum Gasteiger partial charge on any atom is -0.481 e. The van der Waals surface area contributed by atoms with Gasteiger partial charge in [-0.2, -0.15) is 0 Å². The van der Waals surface area contributed by atoms with Gasteiger partial charge in [-0.05, 0) is 6.07 Å². The molecule has 0 aliphatic heterocycles. The average Bonchev–Trinajstić information content (AvgIpc) is 2.39. The summed E-state index contributed by atoms with van der Waals surface area (Å²) in [7, 11) is 1.35. The summed E-state index contributed by atoms with van der Waals surface area (Å²) in [5.41, 5.74) is 0.264. The molecule has 21 heavy (non-hydrogen) atoms. The molecule has 3 N–H and O–H groups in total. The first-order valence-electron chi connectivity index (χ1n) is 6.01. The summed E-state index contributed by atoms with van der Waals surface area (Å²) in [5.74, 6) is -3.29. The van der Waals surface area contributed by atoms with Crippen molar-refractivity contribution in [1.82, 2.24) is 10.2 Å². The van der Waals surface area contributed by atoms with Crippen LogP contribution in [0.4, 0.5) is 9.18 Å². The molecule has 0 aromatic heterocycles. The lowest BCUT2D eigenvalue weighted by molar-refractivity contribution is -0.145. The summed E-state index contributed by atoms with van der Waals surface area (Å²) in [5, 5.41) is 19.5. The lowest BCUT2D eigenvalue weighted by Crippen LogP contribution is -2.47. The predicted octanol–water partition coefficient (Wildman–Crippen LogP) is 0.895. The first-order chi connectivity index (χ1) is 9.81. The highest BCUT2D eigenvalue weighted by Crippen LogP contribution is 2.09. The molecule has 1 atom stereocenters. The molecule has 0 heterocycles. The number of nitrogens with one attached hydrogen (secondary N) is 1. The molecule has 0 saturated heterocycles. The molecule has 0 saturated carbocycles. The van der Waals surface area contributed by atoms with Crippen LogP contribution in [0.25, 0.3) is 0 Å². The molecule has 114 valence electrons. The van der Waals surface area contributed by atoms with E-state index in [4.69, 9.17) is 10.2 Å². The average molecular weight is 298 g/mol. The Morgan fingerprint density at radius 3 is 2.43 bits per heavy atom. The van der Waals surface area contributed by atoms with Crippen LogP contribution in [-0.2, 0) is 16.1 Å². The maximum absolute atomic E-state index is 13.4. The monoisotopic (exact) mass is 298 g/mol. The van der Waals surface area contributed by atoms with E-state index in [9.17, 15) is 18.8 Å². The second kappa shape index (κ2) is 7.22. The third-order valence-corrected chi connectivity index (χ3v) is 2.69. The number of hydrogen-bond acceptors (Lipinski definition) is 3. The van der Waals surface area contributed by atoms with E-state index in [0.717, 1.165) is 4.90 Å². The fourth-order valence-corrected chi connectivity index (χ4v) is 1.59. The number of hydrogen-bond donors (Lipinski definition) is 3. The Balaban J connectivity index is 2.67. The highest BCUT2D eigenvalue weighted by Gasteiger charge is 2.24. The van der Waals surface area contributed by atoms with Crippen molar-refractivity contribution in [1.29, 1.82) is 0 Å². The third kappa shape index (κ3) is 5.09.